The number of likely N-dealkylation sites (tertiary alicyclic amines) is 1. The van der Waals surface area contributed by atoms with Crippen LogP contribution in [-0.4, -0.2) is 52.3 Å². The second kappa shape index (κ2) is 11.0. The fraction of sp³-hybridized carbons (Fsp3) is 0.320. The number of aromatic nitrogens is 1. The van der Waals surface area contributed by atoms with Crippen molar-refractivity contribution < 1.29 is 9.59 Å². The zero-order chi connectivity index (χ0) is 23.2. The van der Waals surface area contributed by atoms with Gasteiger partial charge in [0, 0.05) is 46.3 Å². The number of fused-ring (bicyclic) bond motifs is 1. The third-order valence-corrected chi connectivity index (χ3v) is 7.01. The molecule has 1 saturated heterocycles. The van der Waals surface area contributed by atoms with E-state index < -0.39 is 6.04 Å². The Bertz CT molecular complexity index is 1190. The molecule has 2 aromatic carbocycles. The van der Waals surface area contributed by atoms with E-state index in [1.54, 1.807) is 24.3 Å². The number of carbonyl (C=O) groups excluding carboxylic acids is 2. The van der Waals surface area contributed by atoms with Crippen LogP contribution in [0.15, 0.2) is 59.4 Å². The van der Waals surface area contributed by atoms with E-state index in [-0.39, 0.29) is 23.0 Å². The fourth-order valence-electron chi connectivity index (χ4n) is 4.08. The molecular formula is C25H26ClN3O3S. The Balaban J connectivity index is 1.54. The zero-order valence-corrected chi connectivity index (χ0v) is 19.8. The van der Waals surface area contributed by atoms with Crippen molar-refractivity contribution in [1.29, 1.82) is 0 Å². The minimum absolute atomic E-state index is 0.110. The van der Waals surface area contributed by atoms with E-state index in [0.29, 0.717) is 21.9 Å². The molecule has 1 aromatic heterocycles. The van der Waals surface area contributed by atoms with Gasteiger partial charge in [0.1, 0.15) is 6.04 Å². The Morgan fingerprint density at radius 1 is 1.09 bits per heavy atom. The number of thioether (sulfide) groups is 1. The molecule has 0 radical (unpaired) electrons. The van der Waals surface area contributed by atoms with Gasteiger partial charge in [-0.25, -0.2) is 0 Å². The van der Waals surface area contributed by atoms with E-state index in [4.69, 9.17) is 11.6 Å². The topological polar surface area (TPSA) is 82.3 Å². The summed E-state index contributed by atoms with van der Waals surface area (Å²) in [4.78, 5) is 43.4. The summed E-state index contributed by atoms with van der Waals surface area (Å²) in [6.45, 7) is 3.00. The number of nitrogens with zero attached hydrogens (tertiary/aromatic N) is 1. The van der Waals surface area contributed by atoms with Gasteiger partial charge in [-0.1, -0.05) is 41.6 Å². The predicted octanol–water partition coefficient (Wildman–Crippen LogP) is 3.88. The number of hydrogen-bond donors (Lipinski definition) is 2. The first-order chi connectivity index (χ1) is 16.0. The van der Waals surface area contributed by atoms with Crippen LogP contribution in [-0.2, 0) is 11.2 Å². The molecule has 4 rings (SSSR count). The van der Waals surface area contributed by atoms with Crippen molar-refractivity contribution in [3.8, 4) is 0 Å². The van der Waals surface area contributed by atoms with Gasteiger partial charge in [0.25, 0.3) is 5.91 Å². The van der Waals surface area contributed by atoms with Gasteiger partial charge >= 0.3 is 0 Å². The monoisotopic (exact) mass is 483 g/mol. The molecule has 1 aliphatic heterocycles. The Kier molecular flexibility index (Phi) is 7.85. The molecule has 1 unspecified atom stereocenters. The van der Waals surface area contributed by atoms with E-state index in [0.717, 1.165) is 30.6 Å². The summed E-state index contributed by atoms with van der Waals surface area (Å²) in [5.74, 6) is 0.321. The van der Waals surface area contributed by atoms with Crippen LogP contribution in [0.3, 0.4) is 0 Å². The molecular weight excluding hydrogens is 458 g/mol. The first kappa shape index (κ1) is 23.5. The van der Waals surface area contributed by atoms with Gasteiger partial charge in [0.15, 0.2) is 0 Å². The van der Waals surface area contributed by atoms with Gasteiger partial charge in [-0.15, -0.1) is 0 Å². The molecule has 0 spiro atoms. The van der Waals surface area contributed by atoms with E-state index in [9.17, 15) is 14.4 Å². The van der Waals surface area contributed by atoms with Gasteiger partial charge in [-0.2, -0.15) is 0 Å². The van der Waals surface area contributed by atoms with Crippen molar-refractivity contribution in [3.05, 3.63) is 81.1 Å². The molecule has 1 atom stereocenters. The smallest absolute Gasteiger partial charge is 0.251 e. The molecule has 172 valence electrons. The molecule has 3 aromatic rings. The van der Waals surface area contributed by atoms with Gasteiger partial charge in [0.2, 0.25) is 10.7 Å². The van der Waals surface area contributed by atoms with Crippen molar-refractivity contribution in [2.75, 3.05) is 25.4 Å². The minimum atomic E-state index is -0.762. The summed E-state index contributed by atoms with van der Waals surface area (Å²) in [5.41, 5.74) is 1.62. The van der Waals surface area contributed by atoms with Crippen molar-refractivity contribution in [3.63, 3.8) is 0 Å². The SMILES string of the molecule is O=C(NC(Cc1cc(=O)[nH]c2ccccc12)C(=O)SCCN1CCCC1)c1ccc(Cl)cc1. The molecule has 0 aliphatic carbocycles. The maximum atomic E-state index is 13.2. The van der Waals surface area contributed by atoms with Gasteiger partial charge in [-0.05, 0) is 61.8 Å². The summed E-state index contributed by atoms with van der Waals surface area (Å²) in [6, 6.07) is 14.8. The predicted molar refractivity (Wildman–Crippen MR) is 134 cm³/mol. The Morgan fingerprint density at radius 3 is 2.58 bits per heavy atom. The molecule has 0 bridgehead atoms. The van der Waals surface area contributed by atoms with Crippen LogP contribution < -0.4 is 10.9 Å². The van der Waals surface area contributed by atoms with Crippen LogP contribution in [0, 0.1) is 0 Å². The lowest BCUT2D eigenvalue weighted by atomic mass is 10.0. The van der Waals surface area contributed by atoms with Crippen LogP contribution in [0.25, 0.3) is 10.9 Å². The highest BCUT2D eigenvalue weighted by molar-refractivity contribution is 8.13. The first-order valence-electron chi connectivity index (χ1n) is 11.1. The number of carbonyl (C=O) groups is 2. The van der Waals surface area contributed by atoms with Gasteiger partial charge < -0.3 is 15.2 Å². The van der Waals surface area contributed by atoms with Crippen LogP contribution in [0.5, 0.6) is 0 Å². The fourth-order valence-corrected chi connectivity index (χ4v) is 5.10. The highest BCUT2D eigenvalue weighted by Gasteiger charge is 2.24. The van der Waals surface area contributed by atoms with E-state index in [1.165, 1.54) is 30.7 Å². The largest absolute Gasteiger partial charge is 0.341 e. The molecule has 8 heteroatoms. The summed E-state index contributed by atoms with van der Waals surface area (Å²) >= 11 is 7.17. The van der Waals surface area contributed by atoms with Gasteiger partial charge in [0.05, 0.1) is 0 Å². The third-order valence-electron chi connectivity index (χ3n) is 5.81. The first-order valence-corrected chi connectivity index (χ1v) is 12.4. The van der Waals surface area contributed by atoms with E-state index in [1.807, 2.05) is 24.3 Å². The van der Waals surface area contributed by atoms with Crippen molar-refractivity contribution in [2.24, 2.45) is 0 Å². The number of amides is 1. The van der Waals surface area contributed by atoms with Crippen molar-refractivity contribution in [2.45, 2.75) is 25.3 Å². The summed E-state index contributed by atoms with van der Waals surface area (Å²) < 4.78 is 0. The number of halogens is 1. The lowest BCUT2D eigenvalue weighted by Gasteiger charge is -2.19. The molecule has 6 nitrogen and oxygen atoms in total. The quantitative estimate of drug-likeness (QED) is 0.508. The summed E-state index contributed by atoms with van der Waals surface area (Å²) in [5, 5.41) is 4.17. The number of benzene rings is 2. The van der Waals surface area contributed by atoms with Crippen LogP contribution in [0.4, 0.5) is 0 Å². The van der Waals surface area contributed by atoms with Crippen LogP contribution in [0.1, 0.15) is 28.8 Å². The minimum Gasteiger partial charge on any atom is -0.341 e. The molecule has 1 aliphatic rings. The van der Waals surface area contributed by atoms with Crippen molar-refractivity contribution >= 4 is 45.3 Å². The standard InChI is InChI=1S/C25H26ClN3O3S/c26-19-9-7-17(8-10-19)24(31)28-22(25(32)33-14-13-29-11-3-4-12-29)15-18-16-23(30)27-21-6-2-1-5-20(18)21/h1-2,5-10,16,22H,3-4,11-15H2,(H,27,30)(H,28,31). The second-order valence-corrected chi connectivity index (χ2v) is 9.69. The summed E-state index contributed by atoms with van der Waals surface area (Å²) in [6.07, 6.45) is 2.64. The molecule has 0 saturated carbocycles. The maximum absolute atomic E-state index is 13.2. The Labute approximate surface area is 201 Å². The molecule has 2 N–H and O–H groups in total. The normalized spacial score (nSPS) is 14.9. The van der Waals surface area contributed by atoms with E-state index >= 15 is 0 Å². The molecule has 2 heterocycles. The number of para-hydroxylation sites is 1. The molecule has 1 amide bonds. The number of pyridine rings is 1. The Morgan fingerprint density at radius 2 is 1.82 bits per heavy atom. The van der Waals surface area contributed by atoms with E-state index in [2.05, 4.69) is 15.2 Å². The number of nitrogens with one attached hydrogen (secondary N) is 2. The molecule has 1 fully saturated rings. The second-order valence-electron chi connectivity index (χ2n) is 8.16. The van der Waals surface area contributed by atoms with Crippen LogP contribution >= 0.6 is 23.4 Å². The van der Waals surface area contributed by atoms with Crippen molar-refractivity contribution in [1.82, 2.24) is 15.2 Å². The summed E-state index contributed by atoms with van der Waals surface area (Å²) in [7, 11) is 0. The average molecular weight is 484 g/mol. The number of rotatable bonds is 8. The lowest BCUT2D eigenvalue weighted by molar-refractivity contribution is -0.112. The zero-order valence-electron chi connectivity index (χ0n) is 18.2. The lowest BCUT2D eigenvalue weighted by Crippen LogP contribution is -2.41. The average Bonchev–Trinajstić information content (AvgIpc) is 3.32. The number of aromatic amines is 1. The molecule has 33 heavy (non-hydrogen) atoms. The van der Waals surface area contributed by atoms with Gasteiger partial charge in [-0.3, -0.25) is 14.4 Å². The third kappa shape index (κ3) is 6.25. The highest BCUT2D eigenvalue weighted by atomic mass is 35.5. The highest BCUT2D eigenvalue weighted by Crippen LogP contribution is 2.19. The number of H-pyrrole nitrogens is 1. The van der Waals surface area contributed by atoms with Crippen LogP contribution in [0.2, 0.25) is 5.02 Å². The maximum Gasteiger partial charge on any atom is 0.251 e. The Hall–Kier alpha value is -2.61. The number of hydrogen-bond acceptors (Lipinski definition) is 5.